The van der Waals surface area contributed by atoms with Crippen molar-refractivity contribution in [2.45, 2.75) is 69.6 Å². The van der Waals surface area contributed by atoms with Crippen molar-refractivity contribution in [3.63, 3.8) is 0 Å². The number of unbranched alkanes of at least 4 members (excludes halogenated alkanes) is 4. The lowest BCUT2D eigenvalue weighted by atomic mass is 9.90. The molecule has 0 saturated carbocycles. The molecule has 1 aromatic carbocycles. The SMILES string of the molecule is O=C1CCC(c2cccc(NCCCCCCCN3CCC(F)(F)CC3)c2)C(=O)N1. The fraction of sp³-hybridized carbons (Fsp3) is 0.652. The molecule has 7 heteroatoms. The van der Waals surface area contributed by atoms with E-state index in [0.29, 0.717) is 25.9 Å². The summed E-state index contributed by atoms with van der Waals surface area (Å²) in [5, 5.41) is 5.83. The van der Waals surface area contributed by atoms with Crippen LogP contribution in [0.5, 0.6) is 0 Å². The maximum atomic E-state index is 13.1. The molecule has 2 N–H and O–H groups in total. The number of benzene rings is 1. The molecule has 0 radical (unpaired) electrons. The van der Waals surface area contributed by atoms with Gasteiger partial charge in [-0.1, -0.05) is 31.4 Å². The number of likely N-dealkylation sites (tertiary alicyclic amines) is 1. The van der Waals surface area contributed by atoms with Gasteiger partial charge in [0, 0.05) is 44.6 Å². The minimum absolute atomic E-state index is 0.00339. The number of carbonyl (C=O) groups excluding carboxylic acids is 2. The van der Waals surface area contributed by atoms with Gasteiger partial charge in [0.15, 0.2) is 0 Å². The van der Waals surface area contributed by atoms with Crippen molar-refractivity contribution in [1.82, 2.24) is 10.2 Å². The number of hydrogen-bond donors (Lipinski definition) is 2. The number of alkyl halides is 2. The van der Waals surface area contributed by atoms with Crippen molar-refractivity contribution in [2.24, 2.45) is 0 Å². The Morgan fingerprint density at radius 1 is 1.07 bits per heavy atom. The lowest BCUT2D eigenvalue weighted by Crippen LogP contribution is -2.39. The van der Waals surface area contributed by atoms with Gasteiger partial charge < -0.3 is 10.2 Å². The van der Waals surface area contributed by atoms with Crippen LogP contribution >= 0.6 is 0 Å². The number of anilines is 1. The van der Waals surface area contributed by atoms with E-state index in [2.05, 4.69) is 15.5 Å². The van der Waals surface area contributed by atoms with E-state index in [1.807, 2.05) is 24.3 Å². The first-order valence-corrected chi connectivity index (χ1v) is 11.2. The summed E-state index contributed by atoms with van der Waals surface area (Å²) >= 11 is 0. The molecule has 2 aliphatic heterocycles. The molecule has 0 bridgehead atoms. The molecule has 0 aromatic heterocycles. The second kappa shape index (κ2) is 10.8. The van der Waals surface area contributed by atoms with E-state index in [4.69, 9.17) is 0 Å². The number of hydrogen-bond acceptors (Lipinski definition) is 4. The van der Waals surface area contributed by atoms with Crippen LogP contribution in [0, 0.1) is 0 Å². The maximum Gasteiger partial charge on any atom is 0.250 e. The van der Waals surface area contributed by atoms with Gasteiger partial charge in [-0.15, -0.1) is 0 Å². The van der Waals surface area contributed by atoms with Crippen molar-refractivity contribution in [2.75, 3.05) is 31.5 Å². The number of carbonyl (C=O) groups is 2. The lowest BCUT2D eigenvalue weighted by Gasteiger charge is -2.31. The summed E-state index contributed by atoms with van der Waals surface area (Å²) in [5.41, 5.74) is 1.94. The second-order valence-corrected chi connectivity index (χ2v) is 8.52. The van der Waals surface area contributed by atoms with E-state index in [1.165, 1.54) is 0 Å². The average molecular weight is 422 g/mol. The molecule has 5 nitrogen and oxygen atoms in total. The number of halogens is 2. The smallest absolute Gasteiger partial charge is 0.250 e. The van der Waals surface area contributed by atoms with Crippen molar-refractivity contribution in [3.05, 3.63) is 29.8 Å². The van der Waals surface area contributed by atoms with Gasteiger partial charge in [0.1, 0.15) is 0 Å². The van der Waals surface area contributed by atoms with Crippen LogP contribution in [0.1, 0.15) is 69.3 Å². The molecule has 0 aliphatic carbocycles. The van der Waals surface area contributed by atoms with Gasteiger partial charge in [0.2, 0.25) is 11.8 Å². The number of imide groups is 1. The Morgan fingerprint density at radius 3 is 2.57 bits per heavy atom. The minimum Gasteiger partial charge on any atom is -0.385 e. The minimum atomic E-state index is -2.45. The zero-order chi connectivity index (χ0) is 21.4. The Bertz CT molecular complexity index is 716. The van der Waals surface area contributed by atoms with Crippen molar-refractivity contribution < 1.29 is 18.4 Å². The second-order valence-electron chi connectivity index (χ2n) is 8.52. The summed E-state index contributed by atoms with van der Waals surface area (Å²) in [6.07, 6.45) is 6.53. The molecular weight excluding hydrogens is 388 g/mol. The zero-order valence-corrected chi connectivity index (χ0v) is 17.6. The van der Waals surface area contributed by atoms with Gasteiger partial charge in [-0.05, 0) is 43.5 Å². The highest BCUT2D eigenvalue weighted by Gasteiger charge is 2.33. The molecule has 2 aliphatic rings. The van der Waals surface area contributed by atoms with Gasteiger partial charge >= 0.3 is 0 Å². The third-order valence-electron chi connectivity index (χ3n) is 6.10. The van der Waals surface area contributed by atoms with Crippen LogP contribution in [0.25, 0.3) is 0 Å². The van der Waals surface area contributed by atoms with Gasteiger partial charge in [-0.3, -0.25) is 14.9 Å². The van der Waals surface area contributed by atoms with Crippen LogP contribution < -0.4 is 10.6 Å². The number of nitrogens with one attached hydrogen (secondary N) is 2. The van der Waals surface area contributed by atoms with Crippen LogP contribution in [0.2, 0.25) is 0 Å². The van der Waals surface area contributed by atoms with Crippen molar-refractivity contribution in [1.29, 1.82) is 0 Å². The first kappa shape index (κ1) is 22.7. The highest BCUT2D eigenvalue weighted by molar-refractivity contribution is 6.01. The van der Waals surface area contributed by atoms with E-state index in [1.54, 1.807) is 0 Å². The topological polar surface area (TPSA) is 61.4 Å². The monoisotopic (exact) mass is 421 g/mol. The van der Waals surface area contributed by atoms with E-state index < -0.39 is 5.92 Å². The third kappa shape index (κ3) is 7.04. The summed E-state index contributed by atoms with van der Waals surface area (Å²) < 4.78 is 26.3. The summed E-state index contributed by atoms with van der Waals surface area (Å²) in [7, 11) is 0. The zero-order valence-electron chi connectivity index (χ0n) is 17.6. The van der Waals surface area contributed by atoms with Gasteiger partial charge in [0.05, 0.1) is 5.92 Å². The highest BCUT2D eigenvalue weighted by atomic mass is 19.3. The van der Waals surface area contributed by atoms with Crippen LogP contribution in [0.4, 0.5) is 14.5 Å². The molecule has 2 fully saturated rings. The maximum absolute atomic E-state index is 13.1. The van der Waals surface area contributed by atoms with Gasteiger partial charge in [-0.25, -0.2) is 8.78 Å². The van der Waals surface area contributed by atoms with Gasteiger partial charge in [-0.2, -0.15) is 0 Å². The Balaban J connectivity index is 1.26. The fourth-order valence-electron chi connectivity index (χ4n) is 4.20. The summed E-state index contributed by atoms with van der Waals surface area (Å²) in [6.45, 7) is 2.85. The number of amides is 2. The van der Waals surface area contributed by atoms with E-state index in [9.17, 15) is 18.4 Å². The number of piperidine rings is 2. The summed E-state index contributed by atoms with van der Waals surface area (Å²) in [6, 6.07) is 7.88. The lowest BCUT2D eigenvalue weighted by molar-refractivity contribution is -0.134. The summed E-state index contributed by atoms with van der Waals surface area (Å²) in [5.74, 6) is -3.11. The quantitative estimate of drug-likeness (QED) is 0.437. The molecule has 30 heavy (non-hydrogen) atoms. The standard InChI is InChI=1S/C23H33F2N3O2/c24-23(25)11-15-28(16-12-23)14-5-3-1-2-4-13-26-19-8-6-7-18(17-19)20-9-10-21(29)27-22(20)30/h6-8,17,20,26H,1-5,9-16H2,(H,27,29,30). The third-order valence-corrected chi connectivity index (χ3v) is 6.10. The Hall–Kier alpha value is -2.02. The first-order valence-electron chi connectivity index (χ1n) is 11.2. The summed E-state index contributed by atoms with van der Waals surface area (Å²) in [4.78, 5) is 25.5. The molecule has 2 amide bonds. The Kier molecular flexibility index (Phi) is 8.19. The van der Waals surface area contributed by atoms with Crippen molar-refractivity contribution >= 4 is 17.5 Å². The molecule has 1 aromatic rings. The predicted molar refractivity (Wildman–Crippen MR) is 114 cm³/mol. The predicted octanol–water partition coefficient (Wildman–Crippen LogP) is 4.30. The van der Waals surface area contributed by atoms with Crippen LogP contribution in [0.3, 0.4) is 0 Å². The molecular formula is C23H33F2N3O2. The van der Waals surface area contributed by atoms with E-state index in [-0.39, 0.29) is 30.6 Å². The molecule has 166 valence electrons. The molecule has 0 spiro atoms. The van der Waals surface area contributed by atoms with Crippen LogP contribution in [-0.4, -0.2) is 48.8 Å². The highest BCUT2D eigenvalue weighted by Crippen LogP contribution is 2.28. The molecule has 1 atom stereocenters. The normalized spacial score (nSPS) is 22.0. The Morgan fingerprint density at radius 2 is 1.80 bits per heavy atom. The van der Waals surface area contributed by atoms with Gasteiger partial charge in [0.25, 0.3) is 5.92 Å². The fourth-order valence-corrected chi connectivity index (χ4v) is 4.20. The number of rotatable bonds is 10. The molecule has 3 rings (SSSR count). The van der Waals surface area contributed by atoms with E-state index in [0.717, 1.165) is 56.4 Å². The van der Waals surface area contributed by atoms with Crippen LogP contribution in [-0.2, 0) is 9.59 Å². The van der Waals surface area contributed by atoms with Crippen LogP contribution in [0.15, 0.2) is 24.3 Å². The van der Waals surface area contributed by atoms with Crippen molar-refractivity contribution in [3.8, 4) is 0 Å². The largest absolute Gasteiger partial charge is 0.385 e. The molecule has 2 saturated heterocycles. The number of nitrogens with zero attached hydrogens (tertiary/aromatic N) is 1. The first-order chi connectivity index (χ1) is 14.4. The Labute approximate surface area is 177 Å². The average Bonchev–Trinajstić information content (AvgIpc) is 2.71. The van der Waals surface area contributed by atoms with E-state index >= 15 is 0 Å². The molecule has 1 unspecified atom stereocenters. The molecule has 2 heterocycles.